The predicted molar refractivity (Wildman–Crippen MR) is 39.5 cm³/mol. The van der Waals surface area contributed by atoms with E-state index in [1.807, 2.05) is 0 Å². The maximum atomic E-state index is 12.5. The number of rotatable bonds is 1. The van der Waals surface area contributed by atoms with Gasteiger partial charge in [-0.15, -0.1) is 11.3 Å². The summed E-state index contributed by atoms with van der Waals surface area (Å²) in [5, 5.41) is 0.663. The Morgan fingerprint density at radius 1 is 1.23 bits per heavy atom. The fourth-order valence-electron chi connectivity index (χ4n) is 0.587. The lowest BCUT2D eigenvalue weighted by atomic mass is 10.2. The lowest BCUT2D eigenvalue weighted by Gasteiger charge is -2.17. The molecule has 0 spiro atoms. The van der Waals surface area contributed by atoms with Crippen LogP contribution >= 0.6 is 23.6 Å². The van der Waals surface area contributed by atoms with Crippen molar-refractivity contribution in [2.24, 2.45) is 0 Å². The molecule has 1 nitrogen and oxygen atoms in total. The lowest BCUT2D eigenvalue weighted by Crippen LogP contribution is -2.33. The minimum Gasteiger partial charge on any atom is -0.336 e. The van der Waals surface area contributed by atoms with Crippen LogP contribution < -0.4 is 0 Å². The van der Waals surface area contributed by atoms with Crippen LogP contribution in [0, 0.1) is 3.95 Å². The molecule has 0 atom stereocenters. The molecule has 0 bridgehead atoms. The number of alkyl halides is 5. The molecule has 0 aliphatic carbocycles. The maximum Gasteiger partial charge on any atom is 0.459 e. The van der Waals surface area contributed by atoms with E-state index in [0.29, 0.717) is 16.7 Å². The van der Waals surface area contributed by atoms with Crippen LogP contribution in [0.1, 0.15) is 5.69 Å². The molecule has 0 saturated carbocycles. The van der Waals surface area contributed by atoms with Gasteiger partial charge < -0.3 is 4.98 Å². The molecular formula is C5H2F5NS2. The van der Waals surface area contributed by atoms with Crippen LogP contribution in [0.25, 0.3) is 0 Å². The zero-order valence-corrected chi connectivity index (χ0v) is 7.42. The number of H-pyrrole nitrogens is 1. The summed E-state index contributed by atoms with van der Waals surface area (Å²) in [5.41, 5.74) is -1.21. The SMILES string of the molecule is FC(F)(F)C(F)(F)c1csc(=S)[nH]1. The van der Waals surface area contributed by atoms with Gasteiger partial charge in [-0.05, 0) is 12.2 Å². The van der Waals surface area contributed by atoms with Crippen molar-refractivity contribution in [2.75, 3.05) is 0 Å². The minimum atomic E-state index is -5.59. The van der Waals surface area contributed by atoms with Crippen LogP contribution in [-0.2, 0) is 5.92 Å². The molecular weight excluding hydrogens is 233 g/mol. The Bertz CT molecular complexity index is 348. The Labute approximate surface area is 78.2 Å². The summed E-state index contributed by atoms with van der Waals surface area (Å²) in [6.45, 7) is 0. The van der Waals surface area contributed by atoms with Crippen LogP contribution in [0.2, 0.25) is 0 Å². The summed E-state index contributed by atoms with van der Waals surface area (Å²) in [6.07, 6.45) is -5.59. The van der Waals surface area contributed by atoms with E-state index in [9.17, 15) is 22.0 Å². The van der Waals surface area contributed by atoms with Crippen LogP contribution in [0.15, 0.2) is 5.38 Å². The van der Waals surface area contributed by atoms with Crippen molar-refractivity contribution in [3.63, 3.8) is 0 Å². The first-order valence-electron chi connectivity index (χ1n) is 2.88. The lowest BCUT2D eigenvalue weighted by molar-refractivity contribution is -0.290. The van der Waals surface area contributed by atoms with E-state index in [1.54, 1.807) is 4.98 Å². The van der Waals surface area contributed by atoms with Crippen LogP contribution in [-0.4, -0.2) is 11.2 Å². The molecule has 0 amide bonds. The first-order chi connectivity index (χ1) is 5.75. The summed E-state index contributed by atoms with van der Waals surface area (Å²) in [6, 6.07) is 0. The molecule has 0 radical (unpaired) electrons. The smallest absolute Gasteiger partial charge is 0.336 e. The third-order valence-electron chi connectivity index (χ3n) is 1.21. The second-order valence-corrected chi connectivity index (χ2v) is 3.68. The number of aromatic nitrogens is 1. The van der Waals surface area contributed by atoms with Crippen molar-refractivity contribution < 1.29 is 22.0 Å². The van der Waals surface area contributed by atoms with Gasteiger partial charge in [0.25, 0.3) is 0 Å². The van der Waals surface area contributed by atoms with Gasteiger partial charge in [0, 0.05) is 5.38 Å². The Balaban J connectivity index is 3.14. The topological polar surface area (TPSA) is 15.8 Å². The maximum absolute atomic E-state index is 12.5. The quantitative estimate of drug-likeness (QED) is 0.582. The molecule has 0 aliphatic rings. The van der Waals surface area contributed by atoms with E-state index >= 15 is 0 Å². The fourth-order valence-corrected chi connectivity index (χ4v) is 1.44. The van der Waals surface area contributed by atoms with E-state index in [-0.39, 0.29) is 3.95 Å². The molecule has 1 heterocycles. The highest BCUT2D eigenvalue weighted by Gasteiger charge is 2.59. The second-order valence-electron chi connectivity index (χ2n) is 2.13. The minimum absolute atomic E-state index is 0.112. The van der Waals surface area contributed by atoms with Gasteiger partial charge in [-0.2, -0.15) is 22.0 Å². The molecule has 1 N–H and O–H groups in total. The van der Waals surface area contributed by atoms with Gasteiger partial charge in [0.1, 0.15) is 5.69 Å². The number of thiazole rings is 1. The molecule has 1 rings (SSSR count). The van der Waals surface area contributed by atoms with E-state index in [4.69, 9.17) is 0 Å². The van der Waals surface area contributed by atoms with E-state index in [0.717, 1.165) is 0 Å². The highest BCUT2D eigenvalue weighted by molar-refractivity contribution is 7.73. The Kier molecular flexibility index (Phi) is 2.46. The molecule has 0 unspecified atom stereocenters. The summed E-state index contributed by atoms with van der Waals surface area (Å²) in [7, 11) is 0. The standard InChI is InChI=1S/C5H2F5NS2/c6-4(7,5(8,9)10)2-1-13-3(12)11-2/h1H,(H,11,12). The van der Waals surface area contributed by atoms with Gasteiger partial charge in [-0.1, -0.05) is 0 Å². The summed E-state index contributed by atoms with van der Waals surface area (Å²) >= 11 is 5.01. The Morgan fingerprint density at radius 2 is 1.77 bits per heavy atom. The first-order valence-corrected chi connectivity index (χ1v) is 4.17. The van der Waals surface area contributed by atoms with Crippen LogP contribution in [0.5, 0.6) is 0 Å². The molecule has 1 aromatic rings. The van der Waals surface area contributed by atoms with Gasteiger partial charge in [0.05, 0.1) is 0 Å². The summed E-state index contributed by atoms with van der Waals surface area (Å²) in [5.74, 6) is -4.86. The largest absolute Gasteiger partial charge is 0.459 e. The first kappa shape index (κ1) is 10.6. The van der Waals surface area contributed by atoms with Crippen molar-refractivity contribution in [1.82, 2.24) is 4.98 Å². The van der Waals surface area contributed by atoms with Crippen molar-refractivity contribution in [1.29, 1.82) is 0 Å². The van der Waals surface area contributed by atoms with Crippen molar-refractivity contribution in [3.05, 3.63) is 15.0 Å². The molecule has 0 aliphatic heterocycles. The van der Waals surface area contributed by atoms with E-state index < -0.39 is 17.8 Å². The highest BCUT2D eigenvalue weighted by atomic mass is 32.1. The number of hydrogen-bond donors (Lipinski definition) is 1. The molecule has 1 aromatic heterocycles. The molecule has 0 aromatic carbocycles. The third-order valence-corrected chi connectivity index (χ3v) is 2.28. The molecule has 0 saturated heterocycles. The Morgan fingerprint density at radius 3 is 2.08 bits per heavy atom. The molecule has 74 valence electrons. The monoisotopic (exact) mass is 235 g/mol. The number of halogens is 5. The van der Waals surface area contributed by atoms with E-state index in [2.05, 4.69) is 12.2 Å². The van der Waals surface area contributed by atoms with Gasteiger partial charge in [0.15, 0.2) is 3.95 Å². The average molecular weight is 235 g/mol. The summed E-state index contributed by atoms with van der Waals surface area (Å²) in [4.78, 5) is 1.79. The van der Waals surface area contributed by atoms with Crippen LogP contribution in [0.4, 0.5) is 22.0 Å². The molecule has 0 fully saturated rings. The van der Waals surface area contributed by atoms with Crippen molar-refractivity contribution >= 4 is 23.6 Å². The predicted octanol–water partition coefficient (Wildman–Crippen LogP) is 3.46. The van der Waals surface area contributed by atoms with Crippen LogP contribution in [0.3, 0.4) is 0 Å². The number of nitrogens with one attached hydrogen (secondary N) is 1. The molecule has 13 heavy (non-hydrogen) atoms. The van der Waals surface area contributed by atoms with Crippen molar-refractivity contribution in [3.8, 4) is 0 Å². The molecule has 8 heteroatoms. The van der Waals surface area contributed by atoms with Crippen molar-refractivity contribution in [2.45, 2.75) is 12.1 Å². The van der Waals surface area contributed by atoms with Gasteiger partial charge >= 0.3 is 12.1 Å². The fraction of sp³-hybridized carbons (Fsp3) is 0.400. The summed E-state index contributed by atoms with van der Waals surface area (Å²) < 4.78 is 60.0. The third kappa shape index (κ3) is 1.88. The second kappa shape index (κ2) is 3.02. The zero-order chi connectivity index (χ0) is 10.3. The van der Waals surface area contributed by atoms with Gasteiger partial charge in [-0.25, -0.2) is 0 Å². The van der Waals surface area contributed by atoms with Gasteiger partial charge in [-0.3, -0.25) is 0 Å². The van der Waals surface area contributed by atoms with E-state index in [1.165, 1.54) is 0 Å². The number of hydrogen-bond acceptors (Lipinski definition) is 2. The number of aromatic amines is 1. The normalized spacial score (nSPS) is 13.3. The highest BCUT2D eigenvalue weighted by Crippen LogP contribution is 2.43. The zero-order valence-electron chi connectivity index (χ0n) is 5.78. The average Bonchev–Trinajstić information content (AvgIpc) is 2.33. The Hall–Kier alpha value is -0.500. The van der Waals surface area contributed by atoms with Gasteiger partial charge in [0.2, 0.25) is 0 Å².